The van der Waals surface area contributed by atoms with E-state index in [1.54, 1.807) is 6.92 Å². The number of pyridine rings is 1. The normalized spacial score (nSPS) is 12.1. The molecule has 1 heterocycles. The van der Waals surface area contributed by atoms with Crippen LogP contribution in [0.15, 0.2) is 30.6 Å². The average molecular weight is 259 g/mol. The minimum atomic E-state index is -0.283. The van der Waals surface area contributed by atoms with Crippen molar-refractivity contribution in [3.05, 3.63) is 30.6 Å². The van der Waals surface area contributed by atoms with Gasteiger partial charge in [0.05, 0.1) is 6.61 Å². The van der Waals surface area contributed by atoms with Crippen LogP contribution in [0, 0.1) is 0 Å². The van der Waals surface area contributed by atoms with Gasteiger partial charge in [0.1, 0.15) is 0 Å². The van der Waals surface area contributed by atoms with Gasteiger partial charge in [0.2, 0.25) is 0 Å². The predicted molar refractivity (Wildman–Crippen MR) is 56.0 cm³/mol. The highest BCUT2D eigenvalue weighted by molar-refractivity contribution is 9.10. The molecule has 0 bridgehead atoms. The third kappa shape index (κ3) is 3.46. The average Bonchev–Trinajstić information content (AvgIpc) is 2.19. The molecule has 0 spiro atoms. The van der Waals surface area contributed by atoms with Crippen LogP contribution in [0.1, 0.15) is 6.92 Å². The highest BCUT2D eigenvalue weighted by atomic mass is 79.9. The first-order valence-electron chi connectivity index (χ1n) is 4.49. The Kier molecular flexibility index (Phi) is 4.59. The summed E-state index contributed by atoms with van der Waals surface area (Å²) in [5.41, 5.74) is 0. The van der Waals surface area contributed by atoms with E-state index in [1.807, 2.05) is 35.2 Å². The molecule has 0 aliphatic carbocycles. The van der Waals surface area contributed by atoms with Crippen LogP contribution in [-0.2, 0) is 16.1 Å². The van der Waals surface area contributed by atoms with E-state index in [0.717, 1.165) is 0 Å². The van der Waals surface area contributed by atoms with E-state index < -0.39 is 0 Å². The first-order valence-corrected chi connectivity index (χ1v) is 5.40. The van der Waals surface area contributed by atoms with E-state index in [1.165, 1.54) is 0 Å². The Bertz CT molecular complexity index is 289. The Morgan fingerprint density at radius 3 is 2.64 bits per heavy atom. The van der Waals surface area contributed by atoms with Crippen LogP contribution < -0.4 is 4.57 Å². The Morgan fingerprint density at radius 2 is 2.07 bits per heavy atom. The maximum Gasteiger partial charge on any atom is 0.326 e. The number of esters is 1. The maximum absolute atomic E-state index is 11.3. The van der Waals surface area contributed by atoms with Crippen molar-refractivity contribution in [2.45, 2.75) is 18.3 Å². The van der Waals surface area contributed by atoms with Crippen molar-refractivity contribution in [1.82, 2.24) is 0 Å². The number of halogens is 1. The van der Waals surface area contributed by atoms with Crippen LogP contribution in [0.5, 0.6) is 0 Å². The number of ether oxygens (including phenoxy) is 1. The molecule has 0 saturated heterocycles. The van der Waals surface area contributed by atoms with Crippen molar-refractivity contribution < 1.29 is 14.1 Å². The molecular formula is C10H13BrNO2+. The van der Waals surface area contributed by atoms with Gasteiger partial charge in [-0.3, -0.25) is 4.79 Å². The van der Waals surface area contributed by atoms with Crippen molar-refractivity contribution in [2.24, 2.45) is 0 Å². The number of hydrogen-bond acceptors (Lipinski definition) is 2. The molecule has 1 atom stereocenters. The molecule has 0 aliphatic rings. The minimum absolute atomic E-state index is 0.219. The molecule has 1 aromatic heterocycles. The molecule has 1 rings (SSSR count). The van der Waals surface area contributed by atoms with Crippen LogP contribution >= 0.6 is 15.9 Å². The standard InChI is InChI=1S/C10H13BrNO2/c1-2-14-10(13)9(11)8-12-6-4-3-5-7-12/h3-7,9H,2,8H2,1H3/q+1/t9-/m0/s1. The summed E-state index contributed by atoms with van der Waals surface area (Å²) in [7, 11) is 0. The van der Waals surface area contributed by atoms with Gasteiger partial charge in [-0.1, -0.05) is 22.0 Å². The number of nitrogens with zero attached hydrogens (tertiary/aromatic N) is 1. The zero-order valence-corrected chi connectivity index (χ0v) is 9.61. The van der Waals surface area contributed by atoms with Gasteiger partial charge in [-0.2, -0.15) is 0 Å². The van der Waals surface area contributed by atoms with Gasteiger partial charge < -0.3 is 4.74 Å². The topological polar surface area (TPSA) is 30.2 Å². The number of carbonyl (C=O) groups excluding carboxylic acids is 1. The van der Waals surface area contributed by atoms with E-state index in [2.05, 4.69) is 15.9 Å². The second-order valence-corrected chi connectivity index (χ2v) is 3.90. The van der Waals surface area contributed by atoms with E-state index >= 15 is 0 Å². The molecule has 76 valence electrons. The lowest BCUT2D eigenvalue weighted by molar-refractivity contribution is -0.694. The summed E-state index contributed by atoms with van der Waals surface area (Å²) < 4.78 is 6.80. The summed E-state index contributed by atoms with van der Waals surface area (Å²) in [5.74, 6) is -0.219. The second kappa shape index (κ2) is 5.75. The maximum atomic E-state index is 11.3. The van der Waals surface area contributed by atoms with Crippen molar-refractivity contribution in [2.75, 3.05) is 6.61 Å². The van der Waals surface area contributed by atoms with Gasteiger partial charge in [-0.05, 0) is 6.92 Å². The van der Waals surface area contributed by atoms with E-state index in [0.29, 0.717) is 13.2 Å². The Hall–Kier alpha value is -0.900. The van der Waals surface area contributed by atoms with Gasteiger partial charge in [0, 0.05) is 12.1 Å². The SMILES string of the molecule is CCOC(=O)[C@@H](Br)C[n+]1ccccc1. The highest BCUT2D eigenvalue weighted by Crippen LogP contribution is 2.02. The Balaban J connectivity index is 2.49. The van der Waals surface area contributed by atoms with Crippen LogP contribution in [0.25, 0.3) is 0 Å². The summed E-state index contributed by atoms with van der Waals surface area (Å²) in [5, 5.41) is 0. The van der Waals surface area contributed by atoms with Gasteiger partial charge in [0.15, 0.2) is 23.8 Å². The molecule has 3 nitrogen and oxygen atoms in total. The number of rotatable bonds is 4. The third-order valence-electron chi connectivity index (χ3n) is 1.69. The first kappa shape index (κ1) is 11.2. The molecule has 4 heteroatoms. The molecule has 0 unspecified atom stereocenters. The summed E-state index contributed by atoms with van der Waals surface area (Å²) >= 11 is 3.29. The van der Waals surface area contributed by atoms with Crippen LogP contribution in [0.2, 0.25) is 0 Å². The number of hydrogen-bond donors (Lipinski definition) is 0. The molecule has 0 aromatic carbocycles. The number of carbonyl (C=O) groups is 1. The Morgan fingerprint density at radius 1 is 1.43 bits per heavy atom. The van der Waals surface area contributed by atoms with E-state index in [4.69, 9.17) is 4.74 Å². The molecule has 0 amide bonds. The third-order valence-corrected chi connectivity index (χ3v) is 2.35. The quantitative estimate of drug-likeness (QED) is 0.463. The van der Waals surface area contributed by atoms with Crippen molar-refractivity contribution in [3.8, 4) is 0 Å². The largest absolute Gasteiger partial charge is 0.465 e. The van der Waals surface area contributed by atoms with Gasteiger partial charge in [-0.25, -0.2) is 4.57 Å². The molecule has 0 saturated carbocycles. The summed E-state index contributed by atoms with van der Waals surface area (Å²) in [6, 6.07) is 5.78. The lowest BCUT2D eigenvalue weighted by atomic mass is 10.4. The highest BCUT2D eigenvalue weighted by Gasteiger charge is 2.20. The molecule has 0 radical (unpaired) electrons. The summed E-state index contributed by atoms with van der Waals surface area (Å²) in [6.07, 6.45) is 3.82. The zero-order chi connectivity index (χ0) is 10.4. The summed E-state index contributed by atoms with van der Waals surface area (Å²) in [6.45, 7) is 2.80. The fourth-order valence-electron chi connectivity index (χ4n) is 1.05. The van der Waals surface area contributed by atoms with Crippen molar-refractivity contribution >= 4 is 21.9 Å². The van der Waals surface area contributed by atoms with Gasteiger partial charge in [-0.15, -0.1) is 0 Å². The number of alkyl halides is 1. The minimum Gasteiger partial charge on any atom is -0.465 e. The summed E-state index contributed by atoms with van der Waals surface area (Å²) in [4.78, 5) is 11.0. The van der Waals surface area contributed by atoms with Crippen LogP contribution in [-0.4, -0.2) is 17.4 Å². The fourth-order valence-corrected chi connectivity index (χ4v) is 1.51. The predicted octanol–water partition coefficient (Wildman–Crippen LogP) is 1.30. The molecule has 0 aliphatic heterocycles. The molecule has 14 heavy (non-hydrogen) atoms. The lowest BCUT2D eigenvalue weighted by Crippen LogP contribution is -2.40. The monoisotopic (exact) mass is 258 g/mol. The van der Waals surface area contributed by atoms with Gasteiger partial charge >= 0.3 is 5.97 Å². The van der Waals surface area contributed by atoms with E-state index in [9.17, 15) is 4.79 Å². The smallest absolute Gasteiger partial charge is 0.326 e. The van der Waals surface area contributed by atoms with Crippen molar-refractivity contribution in [1.29, 1.82) is 0 Å². The fraction of sp³-hybridized carbons (Fsp3) is 0.400. The second-order valence-electron chi connectivity index (χ2n) is 2.79. The van der Waals surface area contributed by atoms with Crippen LogP contribution in [0.4, 0.5) is 0 Å². The first-order chi connectivity index (χ1) is 6.74. The lowest BCUT2D eigenvalue weighted by Gasteiger charge is -2.05. The molecule has 0 N–H and O–H groups in total. The zero-order valence-electron chi connectivity index (χ0n) is 8.02. The molecule has 1 aromatic rings. The Labute approximate surface area is 91.8 Å². The molecular weight excluding hydrogens is 246 g/mol. The van der Waals surface area contributed by atoms with Gasteiger partial charge in [0.25, 0.3) is 0 Å². The van der Waals surface area contributed by atoms with Crippen molar-refractivity contribution in [3.63, 3.8) is 0 Å². The van der Waals surface area contributed by atoms with E-state index in [-0.39, 0.29) is 10.8 Å². The molecule has 0 fully saturated rings. The number of aromatic nitrogens is 1. The van der Waals surface area contributed by atoms with Crippen LogP contribution in [0.3, 0.4) is 0 Å².